The van der Waals surface area contributed by atoms with E-state index in [0.717, 1.165) is 0 Å². The molecular weight excluding hydrogens is 444 g/mol. The Labute approximate surface area is 202 Å². The quantitative estimate of drug-likeness (QED) is 0.377. The predicted molar refractivity (Wildman–Crippen MR) is 133 cm³/mol. The normalized spacial score (nSPS) is 10.5. The highest BCUT2D eigenvalue weighted by Gasteiger charge is 2.16. The number of aromatic nitrogens is 2. The van der Waals surface area contributed by atoms with Crippen molar-refractivity contribution < 1.29 is 19.1 Å². The Bertz CT molecular complexity index is 1360. The van der Waals surface area contributed by atoms with Crippen molar-refractivity contribution in [2.75, 3.05) is 17.2 Å². The zero-order valence-corrected chi connectivity index (χ0v) is 19.3. The van der Waals surface area contributed by atoms with Crippen LogP contribution in [0.1, 0.15) is 43.7 Å². The second-order valence-electron chi connectivity index (χ2n) is 7.68. The summed E-state index contributed by atoms with van der Waals surface area (Å²) >= 11 is 0. The third kappa shape index (κ3) is 5.44. The molecule has 0 saturated carbocycles. The van der Waals surface area contributed by atoms with Gasteiger partial charge >= 0.3 is 5.97 Å². The van der Waals surface area contributed by atoms with Gasteiger partial charge in [0.2, 0.25) is 0 Å². The third-order valence-electron chi connectivity index (χ3n) is 5.29. The van der Waals surface area contributed by atoms with Gasteiger partial charge in [0.1, 0.15) is 5.56 Å². The number of hydrogen-bond acceptors (Lipinski definition) is 5. The number of esters is 1. The number of benzene rings is 3. The van der Waals surface area contributed by atoms with Crippen molar-refractivity contribution in [3.05, 3.63) is 107 Å². The maximum absolute atomic E-state index is 12.8. The topological polar surface area (TPSA) is 102 Å². The molecule has 0 bridgehead atoms. The smallest absolute Gasteiger partial charge is 0.341 e. The van der Waals surface area contributed by atoms with Gasteiger partial charge in [0.05, 0.1) is 24.2 Å². The molecule has 2 amide bonds. The zero-order valence-electron chi connectivity index (χ0n) is 19.3. The molecule has 4 rings (SSSR count). The summed E-state index contributed by atoms with van der Waals surface area (Å²) < 4.78 is 6.67. The Morgan fingerprint density at radius 1 is 0.829 bits per heavy atom. The lowest BCUT2D eigenvalue weighted by Crippen LogP contribution is -2.14. The van der Waals surface area contributed by atoms with Crippen molar-refractivity contribution in [1.82, 2.24) is 9.78 Å². The van der Waals surface area contributed by atoms with Gasteiger partial charge in [-0.25, -0.2) is 9.48 Å². The van der Waals surface area contributed by atoms with E-state index in [2.05, 4.69) is 15.7 Å². The predicted octanol–water partition coefficient (Wildman–Crippen LogP) is 4.86. The molecule has 176 valence electrons. The molecule has 3 aromatic carbocycles. The van der Waals surface area contributed by atoms with Gasteiger partial charge in [-0.3, -0.25) is 9.59 Å². The molecule has 35 heavy (non-hydrogen) atoms. The first-order valence-corrected chi connectivity index (χ1v) is 11.1. The van der Waals surface area contributed by atoms with Gasteiger partial charge in [-0.15, -0.1) is 0 Å². The van der Waals surface area contributed by atoms with Crippen LogP contribution in [0.2, 0.25) is 0 Å². The molecule has 2 N–H and O–H groups in total. The molecule has 1 heterocycles. The van der Waals surface area contributed by atoms with Gasteiger partial charge in [0, 0.05) is 22.5 Å². The van der Waals surface area contributed by atoms with E-state index in [1.54, 1.807) is 91.3 Å². The van der Waals surface area contributed by atoms with Crippen LogP contribution in [0.15, 0.2) is 85.1 Å². The van der Waals surface area contributed by atoms with Crippen LogP contribution >= 0.6 is 0 Å². The maximum Gasteiger partial charge on any atom is 0.341 e. The van der Waals surface area contributed by atoms with Crippen LogP contribution in [0.5, 0.6) is 0 Å². The molecule has 8 heteroatoms. The second kappa shape index (κ2) is 10.5. The molecule has 0 atom stereocenters. The molecule has 0 aliphatic carbocycles. The molecule has 0 spiro atoms. The molecule has 0 unspecified atom stereocenters. The SMILES string of the molecule is CCOC(=O)c1cnn(-c2ccc(C(=O)Nc3cccc(NC(=O)c4ccccc4)c3)cc2)c1C. The third-order valence-corrected chi connectivity index (χ3v) is 5.29. The largest absolute Gasteiger partial charge is 0.462 e. The fourth-order valence-corrected chi connectivity index (χ4v) is 3.50. The van der Waals surface area contributed by atoms with Gasteiger partial charge in [0.25, 0.3) is 11.8 Å². The van der Waals surface area contributed by atoms with Crippen molar-refractivity contribution in [2.24, 2.45) is 0 Å². The highest BCUT2D eigenvalue weighted by molar-refractivity contribution is 6.06. The Kier molecular flexibility index (Phi) is 7.02. The van der Waals surface area contributed by atoms with Crippen LogP contribution in [0.4, 0.5) is 11.4 Å². The molecule has 0 aliphatic rings. The van der Waals surface area contributed by atoms with Crippen LogP contribution in [-0.4, -0.2) is 34.2 Å². The van der Waals surface area contributed by atoms with Crippen LogP contribution in [0, 0.1) is 6.92 Å². The van der Waals surface area contributed by atoms with Gasteiger partial charge < -0.3 is 15.4 Å². The number of ether oxygens (including phenoxy) is 1. The highest BCUT2D eigenvalue weighted by atomic mass is 16.5. The summed E-state index contributed by atoms with van der Waals surface area (Å²) in [4.78, 5) is 37.2. The number of anilines is 2. The van der Waals surface area contributed by atoms with Crippen molar-refractivity contribution in [2.45, 2.75) is 13.8 Å². The Morgan fingerprint density at radius 3 is 2.03 bits per heavy atom. The second-order valence-corrected chi connectivity index (χ2v) is 7.68. The summed E-state index contributed by atoms with van der Waals surface area (Å²) in [6.07, 6.45) is 1.47. The molecular formula is C27H24N4O4. The monoisotopic (exact) mass is 468 g/mol. The first kappa shape index (κ1) is 23.4. The molecule has 8 nitrogen and oxygen atoms in total. The fourth-order valence-electron chi connectivity index (χ4n) is 3.50. The van der Waals surface area contributed by atoms with Crippen molar-refractivity contribution in [1.29, 1.82) is 0 Å². The fraction of sp³-hybridized carbons (Fsp3) is 0.111. The van der Waals surface area contributed by atoms with E-state index in [4.69, 9.17) is 4.74 Å². The number of carbonyl (C=O) groups excluding carboxylic acids is 3. The van der Waals surface area contributed by atoms with E-state index in [0.29, 0.717) is 39.4 Å². The van der Waals surface area contributed by atoms with E-state index in [9.17, 15) is 14.4 Å². The number of nitrogens with zero attached hydrogens (tertiary/aromatic N) is 2. The summed E-state index contributed by atoms with van der Waals surface area (Å²) in [5, 5.41) is 9.94. The lowest BCUT2D eigenvalue weighted by Gasteiger charge is -2.10. The van der Waals surface area contributed by atoms with Gasteiger partial charge in [0.15, 0.2) is 0 Å². The summed E-state index contributed by atoms with van der Waals surface area (Å²) in [6, 6.07) is 22.7. The molecule has 4 aromatic rings. The Balaban J connectivity index is 1.43. The lowest BCUT2D eigenvalue weighted by molar-refractivity contribution is 0.0525. The number of hydrogen-bond donors (Lipinski definition) is 2. The Hall–Kier alpha value is -4.72. The Morgan fingerprint density at radius 2 is 1.43 bits per heavy atom. The molecule has 0 radical (unpaired) electrons. The standard InChI is InChI=1S/C27H24N4O4/c1-3-35-27(34)24-17-28-31(18(24)2)23-14-12-20(13-15-23)26(33)30-22-11-7-10-21(16-22)29-25(32)19-8-5-4-6-9-19/h4-17H,3H2,1-2H3,(H,29,32)(H,30,33). The summed E-state index contributed by atoms with van der Waals surface area (Å²) in [5.74, 6) is -0.952. The summed E-state index contributed by atoms with van der Waals surface area (Å²) in [7, 11) is 0. The van der Waals surface area contributed by atoms with Gasteiger partial charge in [-0.2, -0.15) is 5.10 Å². The van der Waals surface area contributed by atoms with E-state index < -0.39 is 5.97 Å². The van der Waals surface area contributed by atoms with Gasteiger partial charge in [-0.1, -0.05) is 24.3 Å². The average Bonchev–Trinajstić information content (AvgIpc) is 3.26. The number of rotatable bonds is 7. The van der Waals surface area contributed by atoms with E-state index in [1.807, 2.05) is 6.07 Å². The van der Waals surface area contributed by atoms with E-state index in [-0.39, 0.29) is 18.4 Å². The van der Waals surface area contributed by atoms with E-state index in [1.165, 1.54) is 6.20 Å². The van der Waals surface area contributed by atoms with Crippen LogP contribution in [-0.2, 0) is 4.74 Å². The zero-order chi connectivity index (χ0) is 24.8. The number of amides is 2. The minimum Gasteiger partial charge on any atom is -0.462 e. The lowest BCUT2D eigenvalue weighted by atomic mass is 10.1. The first-order valence-electron chi connectivity index (χ1n) is 11.1. The van der Waals surface area contributed by atoms with Crippen LogP contribution in [0.25, 0.3) is 5.69 Å². The maximum atomic E-state index is 12.8. The van der Waals surface area contributed by atoms with Crippen LogP contribution < -0.4 is 10.6 Å². The minimum absolute atomic E-state index is 0.232. The minimum atomic E-state index is -0.422. The van der Waals surface area contributed by atoms with Crippen molar-refractivity contribution in [3.8, 4) is 5.69 Å². The van der Waals surface area contributed by atoms with E-state index >= 15 is 0 Å². The summed E-state index contributed by atoms with van der Waals surface area (Å²) in [6.45, 7) is 3.82. The number of carbonyl (C=O) groups is 3. The average molecular weight is 469 g/mol. The first-order chi connectivity index (χ1) is 17.0. The van der Waals surface area contributed by atoms with Crippen LogP contribution in [0.3, 0.4) is 0 Å². The summed E-state index contributed by atoms with van der Waals surface area (Å²) in [5.41, 5.74) is 3.86. The van der Waals surface area contributed by atoms with Crippen molar-refractivity contribution in [3.63, 3.8) is 0 Å². The number of nitrogens with one attached hydrogen (secondary N) is 2. The molecule has 0 aliphatic heterocycles. The molecule has 0 saturated heterocycles. The molecule has 0 fully saturated rings. The highest BCUT2D eigenvalue weighted by Crippen LogP contribution is 2.19. The van der Waals surface area contributed by atoms with Crippen molar-refractivity contribution >= 4 is 29.2 Å². The van der Waals surface area contributed by atoms with Gasteiger partial charge in [-0.05, 0) is 68.4 Å². The molecule has 1 aromatic heterocycles.